The molecule has 0 spiro atoms. The van der Waals surface area contributed by atoms with Crippen molar-refractivity contribution in [3.63, 3.8) is 0 Å². The summed E-state index contributed by atoms with van der Waals surface area (Å²) >= 11 is 0. The minimum atomic E-state index is -0.0765. The second kappa shape index (κ2) is 9.65. The molecule has 3 aromatic carbocycles. The van der Waals surface area contributed by atoms with Gasteiger partial charge in [-0.05, 0) is 59.3 Å². The monoisotopic (exact) mass is 529 g/mol. The first-order chi connectivity index (χ1) is 20.3. The summed E-state index contributed by atoms with van der Waals surface area (Å²) in [6, 6.07) is 35.8. The molecule has 0 saturated heterocycles. The fraction of sp³-hybridized carbons (Fsp3) is 0.0556. The molecule has 5 heteroatoms. The van der Waals surface area contributed by atoms with E-state index in [0.29, 0.717) is 0 Å². The van der Waals surface area contributed by atoms with Crippen LogP contribution < -0.4 is 10.6 Å². The van der Waals surface area contributed by atoms with Gasteiger partial charge in [-0.2, -0.15) is 0 Å². The topological polar surface area (TPSA) is 54.8 Å². The number of benzene rings is 3. The minimum absolute atomic E-state index is 0.0765. The van der Waals surface area contributed by atoms with Gasteiger partial charge in [-0.3, -0.25) is 4.57 Å². The molecule has 0 amide bonds. The Labute approximate surface area is 238 Å². The van der Waals surface area contributed by atoms with Gasteiger partial charge in [0.15, 0.2) is 0 Å². The van der Waals surface area contributed by atoms with Gasteiger partial charge >= 0.3 is 0 Å². The number of nitrogens with one attached hydrogen (secondary N) is 2. The van der Waals surface area contributed by atoms with Crippen LogP contribution >= 0.6 is 0 Å². The molecular formula is C36H27N5. The van der Waals surface area contributed by atoms with Crippen molar-refractivity contribution in [3.8, 4) is 17.1 Å². The van der Waals surface area contributed by atoms with Crippen LogP contribution in [0, 0.1) is 0 Å². The summed E-state index contributed by atoms with van der Waals surface area (Å²) in [7, 11) is 0. The second-order valence-corrected chi connectivity index (χ2v) is 10.4. The summed E-state index contributed by atoms with van der Waals surface area (Å²) in [6.45, 7) is 0.830. The molecule has 0 fully saturated rings. The van der Waals surface area contributed by atoms with Gasteiger partial charge in [-0.15, -0.1) is 0 Å². The minimum Gasteiger partial charge on any atom is -0.379 e. The van der Waals surface area contributed by atoms with Gasteiger partial charge < -0.3 is 10.6 Å². The summed E-state index contributed by atoms with van der Waals surface area (Å²) in [5.74, 6) is 0.899. The van der Waals surface area contributed by atoms with E-state index in [9.17, 15) is 0 Å². The third kappa shape index (κ3) is 4.10. The lowest BCUT2D eigenvalue weighted by atomic mass is 10.0. The molecule has 2 aliphatic heterocycles. The molecule has 1 atom stereocenters. The molecule has 6 aromatic rings. The standard InChI is InChI=1S/C36H27N5/c1-2-10-25-23-26(21-20-24(25)9-1)28-12-5-13-29(38-28)30-14-6-15-31(39-30)32-16-7-19-35(40-32)41-33-17-4-3-11-27(33)36-34(41)18-8-22-37-36/h1-21,23,31,37,39H,22H2. The summed E-state index contributed by atoms with van der Waals surface area (Å²) in [6.07, 6.45) is 10.7. The number of nitrogens with zero attached hydrogens (tertiary/aromatic N) is 3. The highest BCUT2D eigenvalue weighted by Gasteiger charge is 2.21. The van der Waals surface area contributed by atoms with Gasteiger partial charge in [-0.25, -0.2) is 9.97 Å². The number of aromatic nitrogens is 3. The van der Waals surface area contributed by atoms with Crippen molar-refractivity contribution < 1.29 is 0 Å². The summed E-state index contributed by atoms with van der Waals surface area (Å²) < 4.78 is 2.24. The summed E-state index contributed by atoms with van der Waals surface area (Å²) in [5.41, 5.74) is 8.32. The Bertz CT molecular complexity index is 2040. The van der Waals surface area contributed by atoms with Crippen LogP contribution in [0.4, 0.5) is 5.69 Å². The summed E-state index contributed by atoms with van der Waals surface area (Å²) in [4.78, 5) is 10.2. The highest BCUT2D eigenvalue weighted by Crippen LogP contribution is 2.36. The maximum absolute atomic E-state index is 5.16. The highest BCUT2D eigenvalue weighted by molar-refractivity contribution is 6.00. The molecule has 5 nitrogen and oxygen atoms in total. The van der Waals surface area contributed by atoms with E-state index in [4.69, 9.17) is 9.97 Å². The van der Waals surface area contributed by atoms with Crippen LogP contribution in [-0.2, 0) is 0 Å². The lowest BCUT2D eigenvalue weighted by molar-refractivity contribution is 0.729. The van der Waals surface area contributed by atoms with Crippen molar-refractivity contribution in [1.29, 1.82) is 0 Å². The molecule has 2 aliphatic rings. The predicted molar refractivity (Wildman–Crippen MR) is 169 cm³/mol. The average Bonchev–Trinajstić information content (AvgIpc) is 3.39. The van der Waals surface area contributed by atoms with Crippen LogP contribution in [0.3, 0.4) is 0 Å². The van der Waals surface area contributed by atoms with Crippen LogP contribution in [0.5, 0.6) is 0 Å². The van der Waals surface area contributed by atoms with E-state index in [1.807, 2.05) is 0 Å². The molecule has 196 valence electrons. The molecule has 2 N–H and O–H groups in total. The molecule has 41 heavy (non-hydrogen) atoms. The van der Waals surface area contributed by atoms with Crippen LogP contribution in [0.2, 0.25) is 0 Å². The fourth-order valence-corrected chi connectivity index (χ4v) is 5.87. The lowest BCUT2D eigenvalue weighted by Crippen LogP contribution is -2.22. The Morgan fingerprint density at radius 3 is 2.59 bits per heavy atom. The molecule has 0 saturated carbocycles. The van der Waals surface area contributed by atoms with Crippen molar-refractivity contribution in [2.45, 2.75) is 6.04 Å². The third-order valence-corrected chi connectivity index (χ3v) is 7.84. The molecule has 3 aromatic heterocycles. The van der Waals surface area contributed by atoms with Gasteiger partial charge in [-0.1, -0.05) is 85.0 Å². The normalized spacial score (nSPS) is 15.8. The lowest BCUT2D eigenvalue weighted by Gasteiger charge is -2.22. The number of pyridine rings is 2. The number of dihydropyridines is 1. The van der Waals surface area contributed by atoms with Gasteiger partial charge in [0.2, 0.25) is 0 Å². The van der Waals surface area contributed by atoms with E-state index >= 15 is 0 Å². The van der Waals surface area contributed by atoms with Crippen molar-refractivity contribution in [3.05, 3.63) is 145 Å². The molecule has 8 rings (SSSR count). The summed E-state index contributed by atoms with van der Waals surface area (Å²) in [5, 5.41) is 10.9. The number of hydrogen-bond donors (Lipinski definition) is 2. The first-order valence-electron chi connectivity index (χ1n) is 13.9. The third-order valence-electron chi connectivity index (χ3n) is 7.84. The first-order valence-corrected chi connectivity index (χ1v) is 13.9. The number of rotatable bonds is 4. The van der Waals surface area contributed by atoms with Crippen molar-refractivity contribution in [1.82, 2.24) is 19.9 Å². The smallest absolute Gasteiger partial charge is 0.138 e. The largest absolute Gasteiger partial charge is 0.379 e. The van der Waals surface area contributed by atoms with E-state index < -0.39 is 0 Å². The number of hydrogen-bond acceptors (Lipinski definition) is 4. The van der Waals surface area contributed by atoms with Crippen LogP contribution in [0.15, 0.2) is 127 Å². The van der Waals surface area contributed by atoms with Crippen molar-refractivity contribution in [2.75, 3.05) is 11.9 Å². The second-order valence-electron chi connectivity index (χ2n) is 10.4. The molecule has 5 heterocycles. The zero-order valence-corrected chi connectivity index (χ0v) is 22.3. The Kier molecular flexibility index (Phi) is 5.52. The van der Waals surface area contributed by atoms with Gasteiger partial charge in [0.05, 0.1) is 45.7 Å². The number of fused-ring (bicyclic) bond motifs is 4. The van der Waals surface area contributed by atoms with Crippen LogP contribution in [0.1, 0.15) is 23.1 Å². The fourth-order valence-electron chi connectivity index (χ4n) is 5.87. The Morgan fingerprint density at radius 1 is 0.756 bits per heavy atom. The SMILES string of the molecule is C1=CC(c2cccc(-n3c4c(c5ccccc53)NCC=C4)n2)NC(c2cccc(-c3ccc4ccccc4c3)n2)=C1. The maximum Gasteiger partial charge on any atom is 0.138 e. The average molecular weight is 530 g/mol. The predicted octanol–water partition coefficient (Wildman–Crippen LogP) is 7.92. The zero-order chi connectivity index (χ0) is 27.2. The molecule has 0 bridgehead atoms. The Hall–Kier alpha value is -5.42. The Balaban J connectivity index is 1.11. The zero-order valence-electron chi connectivity index (χ0n) is 22.3. The quantitative estimate of drug-likeness (QED) is 0.244. The van der Waals surface area contributed by atoms with Gasteiger partial charge in [0.1, 0.15) is 5.82 Å². The van der Waals surface area contributed by atoms with Crippen LogP contribution in [-0.4, -0.2) is 21.1 Å². The number of allylic oxidation sites excluding steroid dienone is 2. The van der Waals surface area contributed by atoms with E-state index in [0.717, 1.165) is 57.6 Å². The Morgan fingerprint density at radius 2 is 1.61 bits per heavy atom. The van der Waals surface area contributed by atoms with Gasteiger partial charge in [0, 0.05) is 17.5 Å². The maximum atomic E-state index is 5.16. The molecule has 1 unspecified atom stereocenters. The number of anilines is 1. The number of para-hydroxylation sites is 1. The molecular weight excluding hydrogens is 502 g/mol. The molecule has 0 radical (unpaired) electrons. The van der Waals surface area contributed by atoms with E-state index in [1.54, 1.807) is 0 Å². The van der Waals surface area contributed by atoms with Crippen molar-refractivity contribution in [2.24, 2.45) is 0 Å². The van der Waals surface area contributed by atoms with Crippen LogP contribution in [0.25, 0.3) is 50.5 Å². The first kappa shape index (κ1) is 23.5. The highest BCUT2D eigenvalue weighted by atomic mass is 15.1. The molecule has 0 aliphatic carbocycles. The van der Waals surface area contributed by atoms with E-state index in [1.165, 1.54) is 16.2 Å². The van der Waals surface area contributed by atoms with E-state index in [2.05, 4.69) is 149 Å². The van der Waals surface area contributed by atoms with E-state index in [-0.39, 0.29) is 6.04 Å². The van der Waals surface area contributed by atoms with Gasteiger partial charge in [0.25, 0.3) is 0 Å². The van der Waals surface area contributed by atoms with Crippen molar-refractivity contribution >= 4 is 39.1 Å².